The number of aromatic nitrogens is 5. The molecule has 9 nitrogen and oxygen atoms in total. The molecule has 2 saturated heterocycles. The van der Waals surface area contributed by atoms with Crippen LogP contribution in [-0.2, 0) is 7.05 Å². The third-order valence-corrected chi connectivity index (χ3v) is 6.13. The van der Waals surface area contributed by atoms with Crippen molar-refractivity contribution in [2.45, 2.75) is 38.5 Å². The van der Waals surface area contributed by atoms with Gasteiger partial charge in [0.1, 0.15) is 5.82 Å². The van der Waals surface area contributed by atoms with Gasteiger partial charge in [-0.1, -0.05) is 17.9 Å². The van der Waals surface area contributed by atoms with E-state index in [-0.39, 0.29) is 0 Å². The smallest absolute Gasteiger partial charge is 0.315 e. The number of aryl methyl sites for hydroxylation is 1. The van der Waals surface area contributed by atoms with E-state index in [1.54, 1.807) is 4.68 Å². The lowest BCUT2D eigenvalue weighted by molar-refractivity contribution is 0.351. The molecular formula is C21H30N8O. The molecule has 0 atom stereocenters. The first-order chi connectivity index (χ1) is 14.8. The fourth-order valence-electron chi connectivity index (χ4n) is 4.47. The molecule has 0 saturated carbocycles. The number of rotatable bonds is 6. The summed E-state index contributed by atoms with van der Waals surface area (Å²) in [6, 6.07) is 4.61. The van der Waals surface area contributed by atoms with Crippen molar-refractivity contribution in [1.82, 2.24) is 29.9 Å². The van der Waals surface area contributed by atoms with Crippen LogP contribution >= 0.6 is 0 Å². The maximum atomic E-state index is 5.85. The topological polar surface area (TPSA) is 88.1 Å². The van der Waals surface area contributed by atoms with Crippen molar-refractivity contribution in [1.29, 1.82) is 0 Å². The van der Waals surface area contributed by atoms with Crippen LogP contribution in [0.4, 0.5) is 11.8 Å². The van der Waals surface area contributed by atoms with Crippen molar-refractivity contribution >= 4 is 22.9 Å². The molecule has 5 heterocycles. The quantitative estimate of drug-likeness (QED) is 0.664. The van der Waals surface area contributed by atoms with Crippen LogP contribution in [0.15, 0.2) is 16.5 Å². The van der Waals surface area contributed by atoms with Crippen molar-refractivity contribution in [3.63, 3.8) is 0 Å². The molecule has 0 aromatic carbocycles. The largest absolute Gasteiger partial charge is 0.402 e. The van der Waals surface area contributed by atoms with Crippen LogP contribution in [0.25, 0.3) is 22.6 Å². The number of hydrogen-bond donors (Lipinski definition) is 1. The van der Waals surface area contributed by atoms with E-state index in [0.29, 0.717) is 17.6 Å². The molecule has 0 amide bonds. The molecule has 2 aliphatic rings. The molecule has 2 aliphatic heterocycles. The molecule has 9 heteroatoms. The highest BCUT2D eigenvalue weighted by Crippen LogP contribution is 2.29. The number of nitrogens with zero attached hydrogens (tertiary/aromatic N) is 7. The van der Waals surface area contributed by atoms with Crippen molar-refractivity contribution in [2.24, 2.45) is 7.05 Å². The Morgan fingerprint density at radius 1 is 0.967 bits per heavy atom. The maximum Gasteiger partial charge on any atom is 0.315 e. The standard InChI is InChI=1S/C21H30N8O/c1-27-19-16(8-9-17(23-19)29-13-4-2-3-5-14-29)18(26-27)20-24-25-21(30-20)22-10-15-28-11-6-7-12-28/h8-9H,2-7,10-15H2,1H3,(H,22,25). The fraction of sp³-hybridized carbons (Fsp3) is 0.619. The van der Waals surface area contributed by atoms with Crippen LogP contribution in [0.5, 0.6) is 0 Å². The Balaban J connectivity index is 1.32. The molecule has 160 valence electrons. The molecule has 3 aromatic rings. The van der Waals surface area contributed by atoms with Gasteiger partial charge in [0.25, 0.3) is 5.89 Å². The minimum Gasteiger partial charge on any atom is -0.402 e. The van der Waals surface area contributed by atoms with Crippen LogP contribution in [-0.4, -0.2) is 69.1 Å². The Kier molecular flexibility index (Phi) is 5.52. The normalized spacial score (nSPS) is 18.2. The third-order valence-electron chi connectivity index (χ3n) is 6.13. The van der Waals surface area contributed by atoms with Crippen LogP contribution in [0.2, 0.25) is 0 Å². The minimum absolute atomic E-state index is 0.425. The summed E-state index contributed by atoms with van der Waals surface area (Å²) in [4.78, 5) is 9.73. The highest BCUT2D eigenvalue weighted by Gasteiger charge is 2.20. The summed E-state index contributed by atoms with van der Waals surface area (Å²) in [5, 5.41) is 17.2. The molecule has 0 bridgehead atoms. The summed E-state index contributed by atoms with van der Waals surface area (Å²) in [7, 11) is 1.91. The first-order valence-corrected chi connectivity index (χ1v) is 11.2. The highest BCUT2D eigenvalue weighted by atomic mass is 16.4. The number of fused-ring (bicyclic) bond motifs is 1. The number of pyridine rings is 1. The second-order valence-corrected chi connectivity index (χ2v) is 8.30. The van der Waals surface area contributed by atoms with E-state index in [1.807, 2.05) is 7.05 Å². The van der Waals surface area contributed by atoms with Gasteiger partial charge in [-0.25, -0.2) is 9.67 Å². The van der Waals surface area contributed by atoms with E-state index in [4.69, 9.17) is 9.40 Å². The molecule has 0 radical (unpaired) electrons. The van der Waals surface area contributed by atoms with E-state index >= 15 is 0 Å². The minimum atomic E-state index is 0.425. The zero-order valence-electron chi connectivity index (χ0n) is 17.7. The highest BCUT2D eigenvalue weighted by molar-refractivity contribution is 5.89. The summed E-state index contributed by atoms with van der Waals surface area (Å²) in [6.07, 6.45) is 7.66. The Hall–Kier alpha value is -2.68. The van der Waals surface area contributed by atoms with Gasteiger partial charge in [-0.2, -0.15) is 5.10 Å². The summed E-state index contributed by atoms with van der Waals surface area (Å²) >= 11 is 0. The third kappa shape index (κ3) is 3.98. The summed E-state index contributed by atoms with van der Waals surface area (Å²) in [5.41, 5.74) is 1.52. The lowest BCUT2D eigenvalue weighted by atomic mass is 10.2. The number of nitrogens with one attached hydrogen (secondary N) is 1. The number of hydrogen-bond acceptors (Lipinski definition) is 8. The van der Waals surface area contributed by atoms with E-state index in [0.717, 1.165) is 43.0 Å². The number of likely N-dealkylation sites (tertiary alicyclic amines) is 1. The van der Waals surface area contributed by atoms with E-state index in [2.05, 4.69) is 42.5 Å². The van der Waals surface area contributed by atoms with Gasteiger partial charge in [0.15, 0.2) is 11.3 Å². The van der Waals surface area contributed by atoms with Gasteiger partial charge in [-0.15, -0.1) is 5.10 Å². The average Bonchev–Trinajstić information content (AvgIpc) is 3.46. The van der Waals surface area contributed by atoms with Gasteiger partial charge in [0, 0.05) is 33.2 Å². The SMILES string of the molecule is Cn1nc(-c2nnc(NCCN3CCCC3)o2)c2ccc(N3CCCCCC3)nc21. The monoisotopic (exact) mass is 410 g/mol. The first kappa shape index (κ1) is 19.3. The predicted octanol–water partition coefficient (Wildman–Crippen LogP) is 2.91. The predicted molar refractivity (Wildman–Crippen MR) is 117 cm³/mol. The Labute approximate surface area is 176 Å². The molecule has 1 N–H and O–H groups in total. The second-order valence-electron chi connectivity index (χ2n) is 8.30. The lowest BCUT2D eigenvalue weighted by Crippen LogP contribution is -2.25. The maximum absolute atomic E-state index is 5.85. The second kappa shape index (κ2) is 8.59. The molecular weight excluding hydrogens is 380 g/mol. The van der Waals surface area contributed by atoms with Gasteiger partial charge < -0.3 is 19.5 Å². The summed E-state index contributed by atoms with van der Waals surface area (Å²) in [5.74, 6) is 1.45. The Bertz CT molecular complexity index is 982. The molecule has 0 aliphatic carbocycles. The van der Waals surface area contributed by atoms with Gasteiger partial charge in [0.2, 0.25) is 0 Å². The van der Waals surface area contributed by atoms with Crippen LogP contribution in [0, 0.1) is 0 Å². The number of anilines is 2. The van der Waals surface area contributed by atoms with Crippen molar-refractivity contribution in [3.8, 4) is 11.6 Å². The molecule has 0 unspecified atom stereocenters. The zero-order valence-corrected chi connectivity index (χ0v) is 17.7. The average molecular weight is 411 g/mol. The van der Waals surface area contributed by atoms with Gasteiger partial charge in [-0.05, 0) is 50.9 Å². The van der Waals surface area contributed by atoms with E-state index < -0.39 is 0 Å². The van der Waals surface area contributed by atoms with Gasteiger partial charge in [0.05, 0.1) is 5.39 Å². The van der Waals surface area contributed by atoms with E-state index in [9.17, 15) is 0 Å². The zero-order chi connectivity index (χ0) is 20.3. The molecule has 2 fully saturated rings. The molecule has 30 heavy (non-hydrogen) atoms. The first-order valence-electron chi connectivity index (χ1n) is 11.2. The summed E-state index contributed by atoms with van der Waals surface area (Å²) < 4.78 is 7.66. The molecule has 5 rings (SSSR count). The van der Waals surface area contributed by atoms with Gasteiger partial charge >= 0.3 is 6.01 Å². The molecule has 0 spiro atoms. The van der Waals surface area contributed by atoms with Crippen molar-refractivity contribution in [2.75, 3.05) is 49.5 Å². The van der Waals surface area contributed by atoms with Gasteiger partial charge in [-0.3, -0.25) is 0 Å². The van der Waals surface area contributed by atoms with Crippen LogP contribution < -0.4 is 10.2 Å². The van der Waals surface area contributed by atoms with Crippen LogP contribution in [0.3, 0.4) is 0 Å². The Morgan fingerprint density at radius 3 is 2.53 bits per heavy atom. The van der Waals surface area contributed by atoms with Crippen molar-refractivity contribution < 1.29 is 4.42 Å². The Morgan fingerprint density at radius 2 is 1.73 bits per heavy atom. The van der Waals surface area contributed by atoms with E-state index in [1.165, 1.54) is 51.6 Å². The summed E-state index contributed by atoms with van der Waals surface area (Å²) in [6.45, 7) is 6.30. The van der Waals surface area contributed by atoms with Crippen molar-refractivity contribution in [3.05, 3.63) is 12.1 Å². The van der Waals surface area contributed by atoms with Crippen LogP contribution in [0.1, 0.15) is 38.5 Å². The lowest BCUT2D eigenvalue weighted by Gasteiger charge is -2.21. The fourth-order valence-corrected chi connectivity index (χ4v) is 4.47. The molecule has 3 aromatic heterocycles.